The van der Waals surface area contributed by atoms with Gasteiger partial charge < -0.3 is 14.8 Å². The molecule has 0 unspecified atom stereocenters. The van der Waals surface area contributed by atoms with Gasteiger partial charge in [0.1, 0.15) is 17.3 Å². The van der Waals surface area contributed by atoms with Gasteiger partial charge in [0.2, 0.25) is 0 Å². The number of halogens is 2. The molecule has 1 N–H and O–H groups in total. The molecule has 0 spiro atoms. The van der Waals surface area contributed by atoms with Crippen LogP contribution < -0.4 is 14.8 Å². The Kier molecular flexibility index (Phi) is 6.13. The van der Waals surface area contributed by atoms with E-state index in [0.29, 0.717) is 27.9 Å². The van der Waals surface area contributed by atoms with Crippen molar-refractivity contribution in [3.05, 3.63) is 64.2 Å². The molecule has 0 aliphatic heterocycles. The zero-order valence-corrected chi connectivity index (χ0v) is 18.1. The Morgan fingerprint density at radius 2 is 1.77 bits per heavy atom. The molecule has 4 rings (SSSR count). The molecule has 31 heavy (non-hydrogen) atoms. The average Bonchev–Trinajstić information content (AvgIpc) is 2.96. The van der Waals surface area contributed by atoms with E-state index in [2.05, 4.69) is 10.4 Å². The minimum atomic E-state index is -0.346. The van der Waals surface area contributed by atoms with E-state index < -0.39 is 0 Å². The molecule has 0 bridgehead atoms. The number of benzene rings is 2. The normalized spacial score (nSPS) is 13.3. The van der Waals surface area contributed by atoms with Crippen LogP contribution in [0.15, 0.2) is 36.4 Å². The first-order valence-corrected chi connectivity index (χ1v) is 10.5. The quantitative estimate of drug-likeness (QED) is 0.550. The largest absolute Gasteiger partial charge is 0.495 e. The van der Waals surface area contributed by atoms with Crippen LogP contribution in [0.25, 0.3) is 5.69 Å². The number of fused-ring (bicyclic) bond motifs is 1. The van der Waals surface area contributed by atoms with Crippen LogP contribution in [0.1, 0.15) is 41.0 Å². The van der Waals surface area contributed by atoms with E-state index in [1.54, 1.807) is 28.9 Å². The molecule has 1 aliphatic carbocycles. The third kappa shape index (κ3) is 4.23. The molecule has 1 aliphatic rings. The molecule has 0 saturated carbocycles. The first-order chi connectivity index (χ1) is 15.0. The van der Waals surface area contributed by atoms with Crippen LogP contribution in [-0.4, -0.2) is 29.9 Å². The molecule has 0 fully saturated rings. The first-order valence-electron chi connectivity index (χ1n) is 10.1. The fraction of sp³-hybridized carbons (Fsp3) is 0.304. The predicted octanol–water partition coefficient (Wildman–Crippen LogP) is 5.20. The zero-order valence-electron chi connectivity index (χ0n) is 17.4. The smallest absolute Gasteiger partial charge is 0.276 e. The fourth-order valence-corrected chi connectivity index (χ4v) is 4.12. The summed E-state index contributed by atoms with van der Waals surface area (Å²) in [6.45, 7) is 0. The Balaban J connectivity index is 1.74. The van der Waals surface area contributed by atoms with E-state index in [-0.39, 0.29) is 11.7 Å². The third-order valence-electron chi connectivity index (χ3n) is 5.44. The second-order valence-corrected chi connectivity index (χ2v) is 7.77. The SMILES string of the molecule is COc1cc(NC(=O)c2nn(-c3ccc(F)cc3)c3c2CCCCC3)c(OC)cc1Cl. The van der Waals surface area contributed by atoms with Gasteiger partial charge in [-0.1, -0.05) is 18.0 Å². The standard InChI is InChI=1S/C23H23ClFN3O3/c1-30-20-13-18(21(31-2)12-17(20)24)26-23(29)22-16-6-4-3-5-7-19(16)28(27-22)15-10-8-14(25)9-11-15/h8-13H,3-7H2,1-2H3,(H,26,29). The summed E-state index contributed by atoms with van der Waals surface area (Å²) in [6.07, 6.45) is 4.66. The van der Waals surface area contributed by atoms with Crippen molar-refractivity contribution in [2.75, 3.05) is 19.5 Å². The van der Waals surface area contributed by atoms with Gasteiger partial charge in [0.15, 0.2) is 5.69 Å². The molecule has 1 heterocycles. The summed E-state index contributed by atoms with van der Waals surface area (Å²) in [4.78, 5) is 13.3. The Morgan fingerprint density at radius 1 is 1.06 bits per heavy atom. The minimum absolute atomic E-state index is 0.316. The fourth-order valence-electron chi connectivity index (χ4n) is 3.89. The maximum absolute atomic E-state index is 13.4. The molecule has 1 aromatic heterocycles. The number of anilines is 1. The van der Waals surface area contributed by atoms with Crippen molar-refractivity contribution >= 4 is 23.2 Å². The number of hydrogen-bond acceptors (Lipinski definition) is 4. The van der Waals surface area contributed by atoms with Crippen LogP contribution >= 0.6 is 11.6 Å². The monoisotopic (exact) mass is 443 g/mol. The lowest BCUT2D eigenvalue weighted by Crippen LogP contribution is -2.15. The number of amides is 1. The van der Waals surface area contributed by atoms with Crippen LogP contribution in [0.5, 0.6) is 11.5 Å². The van der Waals surface area contributed by atoms with Crippen LogP contribution in [0.4, 0.5) is 10.1 Å². The van der Waals surface area contributed by atoms with Gasteiger partial charge in [-0.05, 0) is 49.9 Å². The van der Waals surface area contributed by atoms with Gasteiger partial charge >= 0.3 is 0 Å². The average molecular weight is 444 g/mol. The van der Waals surface area contributed by atoms with Crippen molar-refractivity contribution in [1.82, 2.24) is 9.78 Å². The summed E-state index contributed by atoms with van der Waals surface area (Å²) in [7, 11) is 3.01. The predicted molar refractivity (Wildman–Crippen MR) is 117 cm³/mol. The molecule has 2 aromatic carbocycles. The van der Waals surface area contributed by atoms with Gasteiger partial charge in [0, 0.05) is 23.4 Å². The number of carbonyl (C=O) groups excluding carboxylic acids is 1. The Hall–Kier alpha value is -3.06. The number of aromatic nitrogens is 2. The topological polar surface area (TPSA) is 65.4 Å². The number of hydrogen-bond donors (Lipinski definition) is 1. The van der Waals surface area contributed by atoms with E-state index in [9.17, 15) is 9.18 Å². The molecule has 162 valence electrons. The van der Waals surface area contributed by atoms with E-state index in [1.165, 1.54) is 26.4 Å². The van der Waals surface area contributed by atoms with E-state index >= 15 is 0 Å². The lowest BCUT2D eigenvalue weighted by Gasteiger charge is -2.13. The number of methoxy groups -OCH3 is 2. The van der Waals surface area contributed by atoms with Crippen molar-refractivity contribution in [3.8, 4) is 17.2 Å². The van der Waals surface area contributed by atoms with Gasteiger partial charge in [-0.25, -0.2) is 9.07 Å². The van der Waals surface area contributed by atoms with Crippen molar-refractivity contribution in [2.24, 2.45) is 0 Å². The highest BCUT2D eigenvalue weighted by molar-refractivity contribution is 6.32. The van der Waals surface area contributed by atoms with Gasteiger partial charge in [-0.2, -0.15) is 5.10 Å². The summed E-state index contributed by atoms with van der Waals surface area (Å²) in [5, 5.41) is 7.90. The van der Waals surface area contributed by atoms with E-state index in [1.807, 2.05) is 0 Å². The highest BCUT2D eigenvalue weighted by atomic mass is 35.5. The summed E-state index contributed by atoms with van der Waals surface area (Å²) in [5.74, 6) is 0.182. The van der Waals surface area contributed by atoms with Crippen LogP contribution in [0.3, 0.4) is 0 Å². The van der Waals surface area contributed by atoms with Crippen molar-refractivity contribution in [2.45, 2.75) is 32.1 Å². The van der Waals surface area contributed by atoms with Crippen LogP contribution in [-0.2, 0) is 12.8 Å². The molecular weight excluding hydrogens is 421 g/mol. The minimum Gasteiger partial charge on any atom is -0.495 e. The summed E-state index contributed by atoms with van der Waals surface area (Å²) in [5.41, 5.74) is 3.45. The maximum atomic E-state index is 13.4. The van der Waals surface area contributed by atoms with Gasteiger partial charge in [0.25, 0.3) is 5.91 Å². The molecule has 0 saturated heterocycles. The molecular formula is C23H23ClFN3O3. The van der Waals surface area contributed by atoms with Crippen molar-refractivity contribution < 1.29 is 18.7 Å². The molecule has 6 nitrogen and oxygen atoms in total. The van der Waals surface area contributed by atoms with Crippen LogP contribution in [0.2, 0.25) is 5.02 Å². The number of nitrogens with zero attached hydrogens (tertiary/aromatic N) is 2. The second kappa shape index (κ2) is 8.98. The van der Waals surface area contributed by atoms with Crippen molar-refractivity contribution in [3.63, 3.8) is 0 Å². The molecule has 1 amide bonds. The number of ether oxygens (including phenoxy) is 2. The van der Waals surface area contributed by atoms with Gasteiger partial charge in [0.05, 0.1) is 30.6 Å². The Labute approximate surface area is 184 Å². The van der Waals surface area contributed by atoms with E-state index in [0.717, 1.165) is 49.0 Å². The van der Waals surface area contributed by atoms with Gasteiger partial charge in [-0.15, -0.1) is 0 Å². The first kappa shape index (κ1) is 21.2. The number of carbonyl (C=O) groups is 1. The third-order valence-corrected chi connectivity index (χ3v) is 5.73. The van der Waals surface area contributed by atoms with Crippen molar-refractivity contribution in [1.29, 1.82) is 0 Å². The second-order valence-electron chi connectivity index (χ2n) is 7.36. The lowest BCUT2D eigenvalue weighted by atomic mass is 10.1. The molecule has 0 atom stereocenters. The summed E-state index contributed by atoms with van der Waals surface area (Å²) in [6, 6.07) is 9.34. The number of rotatable bonds is 5. The molecule has 3 aromatic rings. The van der Waals surface area contributed by atoms with E-state index in [4.69, 9.17) is 21.1 Å². The number of nitrogens with one attached hydrogen (secondary N) is 1. The highest BCUT2D eigenvalue weighted by Gasteiger charge is 2.25. The van der Waals surface area contributed by atoms with Gasteiger partial charge in [-0.3, -0.25) is 4.79 Å². The Morgan fingerprint density at radius 3 is 2.48 bits per heavy atom. The Bertz CT molecular complexity index is 1110. The molecule has 0 radical (unpaired) electrons. The molecule has 8 heteroatoms. The highest BCUT2D eigenvalue weighted by Crippen LogP contribution is 2.36. The zero-order chi connectivity index (χ0) is 22.0. The maximum Gasteiger partial charge on any atom is 0.276 e. The summed E-state index contributed by atoms with van der Waals surface area (Å²) < 4.78 is 25.8. The summed E-state index contributed by atoms with van der Waals surface area (Å²) >= 11 is 6.17. The van der Waals surface area contributed by atoms with Crippen LogP contribution in [0, 0.1) is 5.82 Å². The lowest BCUT2D eigenvalue weighted by molar-refractivity contribution is 0.102.